The average molecular weight is 281 g/mol. The molecule has 2 aliphatic carbocycles. The van der Waals surface area contributed by atoms with Crippen LogP contribution in [0.5, 0.6) is 0 Å². The van der Waals surface area contributed by atoms with Gasteiger partial charge >= 0.3 is 0 Å². The van der Waals surface area contributed by atoms with Crippen LogP contribution in [0.3, 0.4) is 0 Å². The lowest BCUT2D eigenvalue weighted by molar-refractivity contribution is -0.00354. The molecule has 2 saturated carbocycles. The lowest BCUT2D eigenvalue weighted by Crippen LogP contribution is -2.41. The topological polar surface area (TPSA) is 21.3 Å². The molecule has 3 atom stereocenters. The zero-order valence-electron chi connectivity index (χ0n) is 14.3. The van der Waals surface area contributed by atoms with Crippen LogP contribution in [0, 0.1) is 23.2 Å². The van der Waals surface area contributed by atoms with Crippen molar-refractivity contribution in [3.63, 3.8) is 0 Å². The fourth-order valence-corrected chi connectivity index (χ4v) is 4.43. The number of methoxy groups -OCH3 is 1. The van der Waals surface area contributed by atoms with Crippen molar-refractivity contribution in [2.24, 2.45) is 23.2 Å². The fraction of sp³-hybridized carbons (Fsp3) is 1.00. The van der Waals surface area contributed by atoms with Gasteiger partial charge in [0.2, 0.25) is 0 Å². The van der Waals surface area contributed by atoms with Gasteiger partial charge in [-0.2, -0.15) is 0 Å². The lowest BCUT2D eigenvalue weighted by atomic mass is 9.69. The van der Waals surface area contributed by atoms with E-state index in [4.69, 9.17) is 4.74 Å². The van der Waals surface area contributed by atoms with Gasteiger partial charge in [0.25, 0.3) is 0 Å². The van der Waals surface area contributed by atoms with Gasteiger partial charge in [0.1, 0.15) is 0 Å². The highest BCUT2D eigenvalue weighted by atomic mass is 16.5. The Hall–Kier alpha value is -0.0800. The van der Waals surface area contributed by atoms with Crippen LogP contribution in [0.25, 0.3) is 0 Å². The lowest BCUT2D eigenvalue weighted by Gasteiger charge is -2.40. The average Bonchev–Trinajstić information content (AvgIpc) is 2.97. The van der Waals surface area contributed by atoms with Crippen molar-refractivity contribution in [1.82, 2.24) is 5.32 Å². The standard InChI is InChI=1S/C18H35NO/c1-14(2)12-19-13-18(9-8-17(3,4)20-5)11-15-6-7-16(18)10-15/h14-16,19H,6-13H2,1-5H3. The SMILES string of the molecule is COC(C)(C)CCC1(CNCC(C)C)CC2CCC1C2. The summed E-state index contributed by atoms with van der Waals surface area (Å²) >= 11 is 0. The molecule has 20 heavy (non-hydrogen) atoms. The van der Waals surface area contributed by atoms with E-state index >= 15 is 0 Å². The van der Waals surface area contributed by atoms with Crippen LogP contribution in [-0.4, -0.2) is 25.8 Å². The van der Waals surface area contributed by atoms with Gasteiger partial charge in [0.05, 0.1) is 5.60 Å². The van der Waals surface area contributed by atoms with Crippen molar-refractivity contribution in [3.05, 3.63) is 0 Å². The Bertz CT molecular complexity index is 313. The van der Waals surface area contributed by atoms with Gasteiger partial charge in [0.15, 0.2) is 0 Å². The van der Waals surface area contributed by atoms with Gasteiger partial charge in [0, 0.05) is 13.7 Å². The van der Waals surface area contributed by atoms with Crippen LogP contribution < -0.4 is 5.32 Å². The quantitative estimate of drug-likeness (QED) is 0.718. The molecule has 3 unspecified atom stereocenters. The first-order valence-corrected chi connectivity index (χ1v) is 8.63. The van der Waals surface area contributed by atoms with Gasteiger partial charge < -0.3 is 10.1 Å². The smallest absolute Gasteiger partial charge is 0.0623 e. The number of rotatable bonds is 8. The van der Waals surface area contributed by atoms with Crippen molar-refractivity contribution in [2.75, 3.05) is 20.2 Å². The summed E-state index contributed by atoms with van der Waals surface area (Å²) in [6.45, 7) is 11.5. The molecular formula is C18H35NO. The normalized spacial score (nSPS) is 33.3. The first kappa shape index (κ1) is 16.3. The molecule has 118 valence electrons. The third kappa shape index (κ3) is 3.76. The van der Waals surface area contributed by atoms with E-state index < -0.39 is 0 Å². The van der Waals surface area contributed by atoms with Gasteiger partial charge in [-0.3, -0.25) is 0 Å². The minimum absolute atomic E-state index is 0.0346. The van der Waals surface area contributed by atoms with E-state index in [2.05, 4.69) is 33.0 Å². The highest BCUT2D eigenvalue weighted by Crippen LogP contribution is 2.58. The molecule has 2 aliphatic rings. The van der Waals surface area contributed by atoms with Gasteiger partial charge in [-0.15, -0.1) is 0 Å². The van der Waals surface area contributed by atoms with E-state index in [0.717, 1.165) is 24.3 Å². The van der Waals surface area contributed by atoms with E-state index in [9.17, 15) is 0 Å². The Morgan fingerprint density at radius 3 is 2.55 bits per heavy atom. The van der Waals surface area contributed by atoms with Gasteiger partial charge in [-0.25, -0.2) is 0 Å². The molecule has 1 N–H and O–H groups in total. The monoisotopic (exact) mass is 281 g/mol. The van der Waals surface area contributed by atoms with Crippen LogP contribution >= 0.6 is 0 Å². The first-order valence-electron chi connectivity index (χ1n) is 8.63. The van der Waals surface area contributed by atoms with Crippen molar-refractivity contribution in [2.45, 2.75) is 71.8 Å². The Morgan fingerprint density at radius 2 is 2.05 bits per heavy atom. The summed E-state index contributed by atoms with van der Waals surface area (Å²) in [5.74, 6) is 2.74. The van der Waals surface area contributed by atoms with Gasteiger partial charge in [-0.1, -0.05) is 20.3 Å². The highest BCUT2D eigenvalue weighted by molar-refractivity contribution is 5.02. The van der Waals surface area contributed by atoms with E-state index in [1.165, 1.54) is 45.1 Å². The summed E-state index contributed by atoms with van der Waals surface area (Å²) in [5.41, 5.74) is 0.598. The third-order valence-corrected chi connectivity index (χ3v) is 5.91. The molecule has 2 heteroatoms. The van der Waals surface area contributed by atoms with Crippen LogP contribution in [0.2, 0.25) is 0 Å². The second kappa shape index (κ2) is 6.36. The molecule has 2 bridgehead atoms. The van der Waals surface area contributed by atoms with Crippen molar-refractivity contribution in [3.8, 4) is 0 Å². The second-order valence-electron chi connectivity index (χ2n) is 8.43. The van der Waals surface area contributed by atoms with E-state index in [0.29, 0.717) is 5.41 Å². The first-order chi connectivity index (χ1) is 9.37. The predicted molar refractivity (Wildman–Crippen MR) is 85.9 cm³/mol. The minimum Gasteiger partial charge on any atom is -0.379 e. The number of fused-ring (bicyclic) bond motifs is 2. The molecule has 0 aromatic heterocycles. The van der Waals surface area contributed by atoms with Crippen molar-refractivity contribution in [1.29, 1.82) is 0 Å². The summed E-state index contributed by atoms with van der Waals surface area (Å²) in [6, 6.07) is 0. The molecule has 2 nitrogen and oxygen atoms in total. The Balaban J connectivity index is 1.94. The van der Waals surface area contributed by atoms with E-state index in [-0.39, 0.29) is 5.60 Å². The molecule has 0 heterocycles. The maximum atomic E-state index is 5.64. The predicted octanol–water partition coefficient (Wildman–Crippen LogP) is 4.24. The van der Waals surface area contributed by atoms with Crippen LogP contribution in [-0.2, 0) is 4.74 Å². The zero-order chi connectivity index (χ0) is 14.8. The van der Waals surface area contributed by atoms with Crippen molar-refractivity contribution < 1.29 is 4.74 Å². The highest BCUT2D eigenvalue weighted by Gasteiger charge is 2.50. The summed E-state index contributed by atoms with van der Waals surface area (Å²) < 4.78 is 5.64. The Kier molecular flexibility index (Phi) is 5.18. The van der Waals surface area contributed by atoms with Gasteiger partial charge in [-0.05, 0) is 75.7 Å². The van der Waals surface area contributed by atoms with E-state index in [1.807, 2.05) is 7.11 Å². The molecule has 0 saturated heterocycles. The number of nitrogens with one attached hydrogen (secondary N) is 1. The summed E-state index contributed by atoms with van der Waals surface area (Å²) in [7, 11) is 1.85. The molecule has 2 rings (SSSR count). The molecular weight excluding hydrogens is 246 g/mol. The largest absolute Gasteiger partial charge is 0.379 e. The molecule has 0 aromatic carbocycles. The maximum absolute atomic E-state index is 5.64. The Morgan fingerprint density at radius 1 is 1.30 bits per heavy atom. The molecule has 0 aliphatic heterocycles. The second-order valence-corrected chi connectivity index (χ2v) is 8.43. The number of hydrogen-bond donors (Lipinski definition) is 1. The molecule has 0 amide bonds. The van der Waals surface area contributed by atoms with E-state index in [1.54, 1.807) is 0 Å². The van der Waals surface area contributed by atoms with Crippen LogP contribution in [0.4, 0.5) is 0 Å². The fourth-order valence-electron chi connectivity index (χ4n) is 4.43. The van der Waals surface area contributed by atoms with Crippen LogP contribution in [0.15, 0.2) is 0 Å². The minimum atomic E-state index is 0.0346. The third-order valence-electron chi connectivity index (χ3n) is 5.91. The zero-order valence-corrected chi connectivity index (χ0v) is 14.3. The number of ether oxygens (including phenoxy) is 1. The summed E-state index contributed by atoms with van der Waals surface area (Å²) in [6.07, 6.45) is 8.45. The molecule has 0 spiro atoms. The Labute approximate surface area is 126 Å². The maximum Gasteiger partial charge on any atom is 0.0623 e. The summed E-state index contributed by atoms with van der Waals surface area (Å²) in [4.78, 5) is 0. The number of hydrogen-bond acceptors (Lipinski definition) is 2. The molecule has 0 radical (unpaired) electrons. The summed E-state index contributed by atoms with van der Waals surface area (Å²) in [5, 5.41) is 3.77. The molecule has 0 aromatic rings. The van der Waals surface area contributed by atoms with Crippen molar-refractivity contribution >= 4 is 0 Å². The van der Waals surface area contributed by atoms with Crippen LogP contribution in [0.1, 0.15) is 66.2 Å². The molecule has 2 fully saturated rings.